The second kappa shape index (κ2) is 4.26. The number of hydrogen-bond acceptors (Lipinski definition) is 2. The van der Waals surface area contributed by atoms with Gasteiger partial charge >= 0.3 is 0 Å². The fourth-order valence-electron chi connectivity index (χ4n) is 1.65. The van der Waals surface area contributed by atoms with Crippen LogP contribution in [0, 0.1) is 5.92 Å². The van der Waals surface area contributed by atoms with Gasteiger partial charge in [0.2, 0.25) is 0 Å². The Labute approximate surface area is 79.3 Å². The van der Waals surface area contributed by atoms with Gasteiger partial charge in [-0.15, -0.1) is 6.58 Å². The van der Waals surface area contributed by atoms with E-state index in [4.69, 9.17) is 4.74 Å². The summed E-state index contributed by atoms with van der Waals surface area (Å²) in [6, 6.07) is 0. The molecular weight excluding hydrogens is 164 g/mol. The van der Waals surface area contributed by atoms with Crippen molar-refractivity contribution >= 4 is 5.78 Å². The monoisotopic (exact) mass is 180 g/mol. The third kappa shape index (κ3) is 2.00. The Hall–Kier alpha value is -1.05. The summed E-state index contributed by atoms with van der Waals surface area (Å²) in [4.78, 5) is 11.7. The molecule has 1 rings (SSSR count). The molecule has 0 N–H and O–H groups in total. The Kier molecular flexibility index (Phi) is 3.29. The van der Waals surface area contributed by atoms with Crippen molar-refractivity contribution in [2.75, 3.05) is 7.11 Å². The fourth-order valence-corrected chi connectivity index (χ4v) is 1.65. The van der Waals surface area contributed by atoms with E-state index < -0.39 is 0 Å². The van der Waals surface area contributed by atoms with E-state index in [1.807, 2.05) is 6.92 Å². The minimum absolute atomic E-state index is 0.147. The van der Waals surface area contributed by atoms with E-state index in [9.17, 15) is 4.79 Å². The van der Waals surface area contributed by atoms with Crippen LogP contribution in [0.5, 0.6) is 0 Å². The molecule has 0 bridgehead atoms. The molecule has 0 aromatic heterocycles. The Bertz CT molecular complexity index is 251. The number of Topliss-reactive ketones (excluding diaryl/α,β-unsaturated/α-hetero) is 1. The first-order valence-corrected chi connectivity index (χ1v) is 4.61. The minimum Gasteiger partial charge on any atom is -0.501 e. The number of rotatable bonds is 3. The van der Waals surface area contributed by atoms with E-state index in [2.05, 4.69) is 6.58 Å². The summed E-state index contributed by atoms with van der Waals surface area (Å²) < 4.78 is 5.19. The van der Waals surface area contributed by atoms with Gasteiger partial charge in [-0.1, -0.05) is 13.0 Å². The summed E-state index contributed by atoms with van der Waals surface area (Å²) in [5, 5.41) is 0. The highest BCUT2D eigenvalue weighted by Gasteiger charge is 2.26. The lowest BCUT2D eigenvalue weighted by atomic mass is 9.86. The van der Waals surface area contributed by atoms with Crippen LogP contribution >= 0.6 is 0 Å². The van der Waals surface area contributed by atoms with Gasteiger partial charge in [0, 0.05) is 17.9 Å². The molecule has 0 radical (unpaired) electrons. The molecule has 13 heavy (non-hydrogen) atoms. The first kappa shape index (κ1) is 10.0. The normalized spacial score (nSPS) is 23.2. The molecule has 1 aliphatic carbocycles. The van der Waals surface area contributed by atoms with Crippen LogP contribution < -0.4 is 0 Å². The summed E-state index contributed by atoms with van der Waals surface area (Å²) >= 11 is 0. The smallest absolute Gasteiger partial charge is 0.165 e. The lowest BCUT2D eigenvalue weighted by Crippen LogP contribution is -2.20. The molecule has 0 fully saturated rings. The largest absolute Gasteiger partial charge is 0.501 e. The van der Waals surface area contributed by atoms with E-state index in [1.54, 1.807) is 13.2 Å². The number of ketones is 1. The molecule has 2 nitrogen and oxygen atoms in total. The Morgan fingerprint density at radius 2 is 2.38 bits per heavy atom. The minimum atomic E-state index is 0.147. The van der Waals surface area contributed by atoms with Crippen LogP contribution in [0.1, 0.15) is 26.2 Å². The third-order valence-corrected chi connectivity index (χ3v) is 2.48. The second-order valence-corrected chi connectivity index (χ2v) is 3.40. The molecule has 2 heteroatoms. The fraction of sp³-hybridized carbons (Fsp3) is 0.545. The van der Waals surface area contributed by atoms with Gasteiger partial charge in [0.15, 0.2) is 5.78 Å². The van der Waals surface area contributed by atoms with Crippen molar-refractivity contribution in [3.8, 4) is 0 Å². The van der Waals surface area contributed by atoms with Gasteiger partial charge < -0.3 is 4.74 Å². The summed E-state index contributed by atoms with van der Waals surface area (Å²) in [7, 11) is 1.63. The number of methoxy groups -OCH3 is 1. The van der Waals surface area contributed by atoms with Crippen molar-refractivity contribution in [2.24, 2.45) is 5.92 Å². The lowest BCUT2D eigenvalue weighted by molar-refractivity contribution is -0.119. The predicted octanol–water partition coefficient (Wildman–Crippen LogP) is 2.46. The molecule has 0 aromatic carbocycles. The summed E-state index contributed by atoms with van der Waals surface area (Å²) in [6.07, 6.45) is 4.17. The zero-order chi connectivity index (χ0) is 9.84. The lowest BCUT2D eigenvalue weighted by Gasteiger charge is -2.21. The van der Waals surface area contributed by atoms with Crippen LogP contribution in [-0.4, -0.2) is 12.9 Å². The molecule has 1 atom stereocenters. The highest BCUT2D eigenvalue weighted by Crippen LogP contribution is 2.28. The number of allylic oxidation sites excluding steroid dienone is 3. The molecule has 0 aliphatic heterocycles. The molecule has 0 spiro atoms. The van der Waals surface area contributed by atoms with Crippen molar-refractivity contribution in [3.63, 3.8) is 0 Å². The van der Waals surface area contributed by atoms with E-state index >= 15 is 0 Å². The van der Waals surface area contributed by atoms with Gasteiger partial charge in [0.05, 0.1) is 7.11 Å². The quantitative estimate of drug-likeness (QED) is 0.624. The zero-order valence-corrected chi connectivity index (χ0v) is 8.30. The first-order valence-electron chi connectivity index (χ1n) is 4.61. The van der Waals surface area contributed by atoms with Gasteiger partial charge in [-0.05, 0) is 12.8 Å². The van der Waals surface area contributed by atoms with Crippen molar-refractivity contribution in [3.05, 3.63) is 24.0 Å². The van der Waals surface area contributed by atoms with Gasteiger partial charge in [-0.3, -0.25) is 4.79 Å². The van der Waals surface area contributed by atoms with Crippen molar-refractivity contribution < 1.29 is 9.53 Å². The maximum Gasteiger partial charge on any atom is 0.165 e. The number of hydrogen-bond donors (Lipinski definition) is 0. The Balaban J connectivity index is 2.93. The van der Waals surface area contributed by atoms with Gasteiger partial charge in [0.1, 0.15) is 5.76 Å². The van der Waals surface area contributed by atoms with Gasteiger partial charge in [-0.2, -0.15) is 0 Å². The SMILES string of the molecule is C=CCC1=C(OC)CCC(C)C1=O. The molecule has 1 aliphatic rings. The van der Waals surface area contributed by atoms with Crippen LogP contribution in [0.4, 0.5) is 0 Å². The zero-order valence-electron chi connectivity index (χ0n) is 8.30. The molecular formula is C11H16O2. The third-order valence-electron chi connectivity index (χ3n) is 2.48. The standard InChI is InChI=1S/C11H16O2/c1-4-5-9-10(13-3)7-6-8(2)11(9)12/h4,8H,1,5-7H2,2-3H3. The maximum absolute atomic E-state index is 11.7. The Morgan fingerprint density at radius 1 is 1.69 bits per heavy atom. The Morgan fingerprint density at radius 3 is 2.92 bits per heavy atom. The molecule has 0 amide bonds. The van der Waals surface area contributed by atoms with Gasteiger partial charge in [-0.25, -0.2) is 0 Å². The molecule has 1 unspecified atom stereocenters. The van der Waals surface area contributed by atoms with Crippen molar-refractivity contribution in [1.82, 2.24) is 0 Å². The van der Waals surface area contributed by atoms with E-state index in [0.717, 1.165) is 24.2 Å². The van der Waals surface area contributed by atoms with Crippen molar-refractivity contribution in [1.29, 1.82) is 0 Å². The van der Waals surface area contributed by atoms with Crippen LogP contribution in [0.2, 0.25) is 0 Å². The molecule has 0 heterocycles. The van der Waals surface area contributed by atoms with Gasteiger partial charge in [0.25, 0.3) is 0 Å². The van der Waals surface area contributed by atoms with E-state index in [1.165, 1.54) is 0 Å². The summed E-state index contributed by atoms with van der Waals surface area (Å²) in [5.41, 5.74) is 0.816. The molecule has 0 saturated heterocycles. The summed E-state index contributed by atoms with van der Waals surface area (Å²) in [6.45, 7) is 5.61. The average Bonchev–Trinajstić information content (AvgIpc) is 2.14. The maximum atomic E-state index is 11.7. The average molecular weight is 180 g/mol. The van der Waals surface area contributed by atoms with E-state index in [0.29, 0.717) is 6.42 Å². The number of carbonyl (C=O) groups excluding carboxylic acids is 1. The van der Waals surface area contributed by atoms with Crippen LogP contribution in [0.15, 0.2) is 24.0 Å². The first-order chi connectivity index (χ1) is 6.20. The van der Waals surface area contributed by atoms with Crippen LogP contribution in [0.25, 0.3) is 0 Å². The van der Waals surface area contributed by atoms with E-state index in [-0.39, 0.29) is 11.7 Å². The number of carbonyl (C=O) groups is 1. The highest BCUT2D eigenvalue weighted by atomic mass is 16.5. The van der Waals surface area contributed by atoms with Crippen LogP contribution in [0.3, 0.4) is 0 Å². The predicted molar refractivity (Wildman–Crippen MR) is 52.3 cm³/mol. The second-order valence-electron chi connectivity index (χ2n) is 3.40. The van der Waals surface area contributed by atoms with Crippen molar-refractivity contribution in [2.45, 2.75) is 26.2 Å². The highest BCUT2D eigenvalue weighted by molar-refractivity contribution is 5.98. The van der Waals surface area contributed by atoms with Crippen LogP contribution in [-0.2, 0) is 9.53 Å². The number of ether oxygens (including phenoxy) is 1. The summed E-state index contributed by atoms with van der Waals surface area (Å²) in [5.74, 6) is 1.22. The molecule has 72 valence electrons. The molecule has 0 aromatic rings. The molecule has 0 saturated carbocycles. The topological polar surface area (TPSA) is 26.3 Å².